The van der Waals surface area contributed by atoms with Crippen LogP contribution in [0.1, 0.15) is 61.0 Å². The van der Waals surface area contributed by atoms with Gasteiger partial charge in [-0.2, -0.15) is 13.2 Å². The Morgan fingerprint density at radius 1 is 1.12 bits per heavy atom. The molecule has 0 fully saturated rings. The van der Waals surface area contributed by atoms with Crippen LogP contribution in [-0.4, -0.2) is 19.5 Å². The average Bonchev–Trinajstić information content (AvgIpc) is 2.74. The number of carboxylic acid groups (broad SMARTS) is 1. The van der Waals surface area contributed by atoms with Crippen LogP contribution < -0.4 is 9.46 Å². The molecule has 2 N–H and O–H groups in total. The van der Waals surface area contributed by atoms with Crippen molar-refractivity contribution < 1.29 is 36.2 Å². The zero-order chi connectivity index (χ0) is 25.4. The van der Waals surface area contributed by atoms with E-state index in [0.29, 0.717) is 17.9 Å². The highest BCUT2D eigenvalue weighted by Gasteiger charge is 2.31. The summed E-state index contributed by atoms with van der Waals surface area (Å²) in [7, 11) is -3.96. The second-order valence-electron chi connectivity index (χ2n) is 8.20. The Balaban J connectivity index is 2.15. The standard InChI is InChI=1S/C24H28F3NO5S/c1-17(2)7-5-3-4-6-14-34(31,32)28-21-13-12-20(24(25,26)27)15-22(21)33-16-18-8-10-19(11-9-18)23(29)30/h6,8-15,17,28H,3-5,7,16H2,1-2H3,(H,29,30). The third-order valence-electron chi connectivity index (χ3n) is 4.83. The van der Waals surface area contributed by atoms with Crippen LogP contribution in [0.3, 0.4) is 0 Å². The lowest BCUT2D eigenvalue weighted by Crippen LogP contribution is -2.12. The predicted molar refractivity (Wildman–Crippen MR) is 124 cm³/mol. The highest BCUT2D eigenvalue weighted by molar-refractivity contribution is 7.95. The number of anilines is 1. The van der Waals surface area contributed by atoms with E-state index in [-0.39, 0.29) is 23.6 Å². The maximum Gasteiger partial charge on any atom is 0.416 e. The van der Waals surface area contributed by atoms with Crippen molar-refractivity contribution in [2.45, 2.75) is 52.3 Å². The van der Waals surface area contributed by atoms with Gasteiger partial charge in [-0.3, -0.25) is 4.72 Å². The van der Waals surface area contributed by atoms with Crippen molar-refractivity contribution in [3.8, 4) is 5.75 Å². The topological polar surface area (TPSA) is 92.7 Å². The van der Waals surface area contributed by atoms with E-state index >= 15 is 0 Å². The van der Waals surface area contributed by atoms with E-state index in [9.17, 15) is 26.4 Å². The molecule has 0 spiro atoms. The molecule has 0 radical (unpaired) electrons. The number of hydrogen-bond acceptors (Lipinski definition) is 4. The Morgan fingerprint density at radius 2 is 1.79 bits per heavy atom. The van der Waals surface area contributed by atoms with Crippen LogP contribution in [0.15, 0.2) is 53.9 Å². The van der Waals surface area contributed by atoms with Gasteiger partial charge in [0.05, 0.1) is 16.8 Å². The molecule has 0 heterocycles. The van der Waals surface area contributed by atoms with E-state index in [2.05, 4.69) is 18.6 Å². The maximum atomic E-state index is 13.2. The molecule has 0 aliphatic heterocycles. The maximum absolute atomic E-state index is 13.2. The third kappa shape index (κ3) is 9.09. The van der Waals surface area contributed by atoms with Gasteiger partial charge in [0, 0.05) is 5.41 Å². The fourth-order valence-corrected chi connectivity index (χ4v) is 3.94. The lowest BCUT2D eigenvalue weighted by atomic mass is 10.1. The average molecular weight is 500 g/mol. The number of nitrogens with one attached hydrogen (secondary N) is 1. The number of unbranched alkanes of at least 4 members (excludes halogenated alkanes) is 2. The Labute approximate surface area is 197 Å². The van der Waals surface area contributed by atoms with Crippen molar-refractivity contribution in [2.24, 2.45) is 5.92 Å². The van der Waals surface area contributed by atoms with Crippen LogP contribution in [0.2, 0.25) is 0 Å². The number of hydrogen-bond donors (Lipinski definition) is 2. The Bertz CT molecular complexity index is 1090. The van der Waals surface area contributed by atoms with Crippen LogP contribution >= 0.6 is 0 Å². The van der Waals surface area contributed by atoms with Gasteiger partial charge in [0.15, 0.2) is 0 Å². The van der Waals surface area contributed by atoms with Gasteiger partial charge in [0.1, 0.15) is 12.4 Å². The first kappa shape index (κ1) is 27.2. The van der Waals surface area contributed by atoms with E-state index in [1.165, 1.54) is 30.3 Å². The number of ether oxygens (including phenoxy) is 1. The van der Waals surface area contributed by atoms with Crippen LogP contribution in [0.25, 0.3) is 0 Å². The number of sulfonamides is 1. The van der Waals surface area contributed by atoms with E-state index in [4.69, 9.17) is 9.84 Å². The van der Waals surface area contributed by atoms with Crippen molar-refractivity contribution >= 4 is 21.7 Å². The van der Waals surface area contributed by atoms with E-state index in [0.717, 1.165) is 42.9 Å². The number of benzene rings is 2. The summed E-state index contributed by atoms with van der Waals surface area (Å²) in [6.07, 6.45) is 0.283. The first-order chi connectivity index (χ1) is 15.9. The van der Waals surface area contributed by atoms with Crippen LogP contribution in [0.5, 0.6) is 5.75 Å². The summed E-state index contributed by atoms with van der Waals surface area (Å²) in [6, 6.07) is 8.08. The lowest BCUT2D eigenvalue weighted by Gasteiger charge is -2.15. The summed E-state index contributed by atoms with van der Waals surface area (Å²) < 4.78 is 72.1. The van der Waals surface area contributed by atoms with Crippen molar-refractivity contribution in [1.82, 2.24) is 0 Å². The predicted octanol–water partition coefficient (Wildman–Crippen LogP) is 6.45. The summed E-state index contributed by atoms with van der Waals surface area (Å²) in [5, 5.41) is 9.95. The molecule has 0 atom stereocenters. The summed E-state index contributed by atoms with van der Waals surface area (Å²) in [6.45, 7) is 4.03. The SMILES string of the molecule is CC(C)CCCCC=CS(=O)(=O)Nc1ccc(C(F)(F)F)cc1OCc1ccc(C(=O)O)cc1. The fraction of sp³-hybridized carbons (Fsp3) is 0.375. The Hall–Kier alpha value is -3.01. The quantitative estimate of drug-likeness (QED) is 0.327. The van der Waals surface area contributed by atoms with Gasteiger partial charge in [-0.1, -0.05) is 44.9 Å². The fourth-order valence-electron chi connectivity index (χ4n) is 3.00. The summed E-state index contributed by atoms with van der Waals surface area (Å²) in [5.41, 5.74) is -0.586. The molecule has 6 nitrogen and oxygen atoms in total. The number of carboxylic acids is 1. The van der Waals surface area contributed by atoms with Gasteiger partial charge in [0.25, 0.3) is 10.0 Å². The summed E-state index contributed by atoms with van der Waals surface area (Å²) >= 11 is 0. The molecule has 2 rings (SSSR count). The zero-order valence-corrected chi connectivity index (χ0v) is 19.7. The minimum atomic E-state index is -4.64. The molecule has 186 valence electrons. The third-order valence-corrected chi connectivity index (χ3v) is 5.89. The van der Waals surface area contributed by atoms with Gasteiger partial charge >= 0.3 is 12.1 Å². The molecular weight excluding hydrogens is 471 g/mol. The molecule has 0 aromatic heterocycles. The smallest absolute Gasteiger partial charge is 0.416 e. The largest absolute Gasteiger partial charge is 0.487 e. The minimum Gasteiger partial charge on any atom is -0.487 e. The van der Waals surface area contributed by atoms with Crippen molar-refractivity contribution in [2.75, 3.05) is 4.72 Å². The molecule has 0 saturated carbocycles. The molecule has 2 aromatic rings. The second kappa shape index (κ2) is 11.9. The summed E-state index contributed by atoms with van der Waals surface area (Å²) in [5.74, 6) is -0.844. The number of alkyl halides is 3. The first-order valence-electron chi connectivity index (χ1n) is 10.7. The molecule has 0 aliphatic carbocycles. The molecule has 2 aromatic carbocycles. The first-order valence-corrected chi connectivity index (χ1v) is 12.3. The molecule has 0 unspecified atom stereocenters. The highest BCUT2D eigenvalue weighted by Crippen LogP contribution is 2.36. The normalized spacial score (nSPS) is 12.3. The van der Waals surface area contributed by atoms with Crippen molar-refractivity contribution in [1.29, 1.82) is 0 Å². The molecule has 0 saturated heterocycles. The van der Waals surface area contributed by atoms with Crippen LogP contribution in [0, 0.1) is 5.92 Å². The van der Waals surface area contributed by atoms with E-state index < -0.39 is 27.7 Å². The van der Waals surface area contributed by atoms with Gasteiger partial charge in [-0.25, -0.2) is 13.2 Å². The zero-order valence-electron chi connectivity index (χ0n) is 18.9. The molecule has 0 aliphatic rings. The van der Waals surface area contributed by atoms with Gasteiger partial charge in [-0.05, 0) is 54.7 Å². The van der Waals surface area contributed by atoms with Crippen LogP contribution in [-0.2, 0) is 22.8 Å². The molecule has 0 amide bonds. The van der Waals surface area contributed by atoms with Gasteiger partial charge in [0.2, 0.25) is 0 Å². The van der Waals surface area contributed by atoms with Crippen molar-refractivity contribution in [3.05, 3.63) is 70.6 Å². The second-order valence-corrected chi connectivity index (χ2v) is 9.76. The van der Waals surface area contributed by atoms with Crippen molar-refractivity contribution in [3.63, 3.8) is 0 Å². The number of rotatable bonds is 12. The number of halogens is 3. The lowest BCUT2D eigenvalue weighted by molar-refractivity contribution is -0.137. The number of aromatic carboxylic acids is 1. The molecule has 0 bridgehead atoms. The molecule has 10 heteroatoms. The number of carbonyl (C=O) groups is 1. The van der Waals surface area contributed by atoms with Crippen LogP contribution in [0.4, 0.5) is 18.9 Å². The van der Waals surface area contributed by atoms with E-state index in [1.807, 2.05) is 0 Å². The highest BCUT2D eigenvalue weighted by atomic mass is 32.2. The van der Waals surface area contributed by atoms with Gasteiger partial charge < -0.3 is 9.84 Å². The Morgan fingerprint density at radius 3 is 2.38 bits per heavy atom. The molecular formula is C24H28F3NO5S. The van der Waals surface area contributed by atoms with E-state index in [1.54, 1.807) is 0 Å². The number of allylic oxidation sites excluding steroid dienone is 1. The Kier molecular flexibility index (Phi) is 9.55. The van der Waals surface area contributed by atoms with Gasteiger partial charge in [-0.15, -0.1) is 0 Å². The minimum absolute atomic E-state index is 0.0484. The molecule has 34 heavy (non-hydrogen) atoms. The summed E-state index contributed by atoms with van der Waals surface area (Å²) in [4.78, 5) is 10.9. The monoisotopic (exact) mass is 499 g/mol.